The fourth-order valence-electron chi connectivity index (χ4n) is 5.20. The zero-order valence-corrected chi connectivity index (χ0v) is 19.5. The molecule has 2 aliphatic heterocycles. The van der Waals surface area contributed by atoms with E-state index < -0.39 is 0 Å². The second-order valence-electron chi connectivity index (χ2n) is 9.13. The summed E-state index contributed by atoms with van der Waals surface area (Å²) in [4.78, 5) is 16.1. The summed E-state index contributed by atoms with van der Waals surface area (Å²) in [5.41, 5.74) is 3.39. The summed E-state index contributed by atoms with van der Waals surface area (Å²) in [6.45, 7) is 5.71. The number of fused-ring (bicyclic) bond motifs is 1. The van der Waals surface area contributed by atoms with Crippen LogP contribution in [-0.2, 0) is 0 Å². The molecule has 2 aliphatic rings. The van der Waals surface area contributed by atoms with Crippen LogP contribution in [-0.4, -0.2) is 59.7 Å². The van der Waals surface area contributed by atoms with Gasteiger partial charge in [0.15, 0.2) is 0 Å². The van der Waals surface area contributed by atoms with Crippen molar-refractivity contribution in [3.63, 3.8) is 0 Å². The van der Waals surface area contributed by atoms with Crippen LogP contribution < -0.4 is 5.32 Å². The summed E-state index contributed by atoms with van der Waals surface area (Å²) in [6.07, 6.45) is 6.62. The summed E-state index contributed by atoms with van der Waals surface area (Å²) in [6, 6.07) is 12.8. The smallest absolute Gasteiger partial charge is 0.317 e. The van der Waals surface area contributed by atoms with Crippen molar-refractivity contribution in [2.24, 2.45) is 0 Å². The van der Waals surface area contributed by atoms with Crippen molar-refractivity contribution >= 4 is 28.5 Å². The first kappa shape index (κ1) is 22.2. The highest BCUT2D eigenvalue weighted by molar-refractivity contribution is 6.31. The summed E-state index contributed by atoms with van der Waals surface area (Å²) in [5.74, 6) is 0.256. The molecule has 0 unspecified atom stereocenters. The van der Waals surface area contributed by atoms with Crippen LogP contribution in [0, 0.1) is 5.82 Å². The Morgan fingerprint density at radius 3 is 2.48 bits per heavy atom. The zero-order valence-electron chi connectivity index (χ0n) is 18.8. The fourth-order valence-corrected chi connectivity index (χ4v) is 5.37. The molecule has 2 amide bonds. The van der Waals surface area contributed by atoms with Gasteiger partial charge in [-0.15, -0.1) is 0 Å². The molecule has 3 heterocycles. The van der Waals surface area contributed by atoms with Crippen LogP contribution in [0.2, 0.25) is 5.02 Å². The van der Waals surface area contributed by atoms with Gasteiger partial charge in [0.1, 0.15) is 5.82 Å². The number of urea groups is 1. The van der Waals surface area contributed by atoms with E-state index in [1.807, 2.05) is 23.1 Å². The summed E-state index contributed by atoms with van der Waals surface area (Å²) < 4.78 is 15.6. The molecule has 1 aromatic heterocycles. The van der Waals surface area contributed by atoms with E-state index in [4.69, 9.17) is 11.6 Å². The molecule has 0 saturated carbocycles. The first-order chi connectivity index (χ1) is 16.1. The van der Waals surface area contributed by atoms with Gasteiger partial charge >= 0.3 is 6.03 Å². The summed E-state index contributed by atoms with van der Waals surface area (Å²) >= 11 is 6.36. The monoisotopic (exact) mass is 468 g/mol. The van der Waals surface area contributed by atoms with Gasteiger partial charge in [0.2, 0.25) is 0 Å². The number of nitrogens with one attached hydrogen (secondary N) is 1. The minimum absolute atomic E-state index is 0.0794. The number of benzene rings is 2. The third kappa shape index (κ3) is 4.87. The lowest BCUT2D eigenvalue weighted by Gasteiger charge is -2.32. The van der Waals surface area contributed by atoms with Crippen LogP contribution in [0.5, 0.6) is 0 Å². The second kappa shape index (κ2) is 9.74. The van der Waals surface area contributed by atoms with Gasteiger partial charge in [-0.3, -0.25) is 0 Å². The number of halogens is 2. The largest absolute Gasteiger partial charge is 0.336 e. The molecule has 0 spiro atoms. The first-order valence-electron chi connectivity index (χ1n) is 11.9. The molecule has 7 heteroatoms. The van der Waals surface area contributed by atoms with Crippen LogP contribution in [0.25, 0.3) is 16.6 Å². The first-order valence-corrected chi connectivity index (χ1v) is 12.3. The zero-order chi connectivity index (χ0) is 22.8. The molecule has 2 aromatic carbocycles. The lowest BCUT2D eigenvalue weighted by atomic mass is 9.89. The maximum atomic E-state index is 13.5. The van der Waals surface area contributed by atoms with Crippen molar-refractivity contribution in [1.29, 1.82) is 0 Å². The number of unbranched alkanes of at least 4 members (excludes halogenated alkanes) is 1. The number of rotatable bonds is 7. The van der Waals surface area contributed by atoms with Crippen molar-refractivity contribution in [3.8, 4) is 5.69 Å². The van der Waals surface area contributed by atoms with Gasteiger partial charge in [-0.05, 0) is 99.3 Å². The number of aromatic nitrogens is 1. The van der Waals surface area contributed by atoms with Crippen molar-refractivity contribution < 1.29 is 9.18 Å². The predicted octanol–water partition coefficient (Wildman–Crippen LogP) is 5.41. The molecule has 5 rings (SSSR count). The quantitative estimate of drug-likeness (QED) is 0.471. The van der Waals surface area contributed by atoms with E-state index in [9.17, 15) is 9.18 Å². The SMILES string of the molecule is O=C1NCCN1CCCCN1CCC(c2cn(-c3ccc(F)cc3)c3ccc(Cl)cc23)CC1. The number of hydrogen-bond donors (Lipinski definition) is 1. The van der Waals surface area contributed by atoms with Gasteiger partial charge in [0, 0.05) is 41.9 Å². The van der Waals surface area contributed by atoms with Crippen LogP contribution in [0.15, 0.2) is 48.7 Å². The lowest BCUT2D eigenvalue weighted by molar-refractivity contribution is 0.201. The van der Waals surface area contributed by atoms with E-state index in [1.165, 1.54) is 23.1 Å². The molecular formula is C26H30ClFN4O. The Hall–Kier alpha value is -2.57. The van der Waals surface area contributed by atoms with Crippen LogP contribution in [0.1, 0.15) is 37.2 Å². The van der Waals surface area contributed by atoms with Gasteiger partial charge in [-0.1, -0.05) is 11.6 Å². The number of likely N-dealkylation sites (tertiary alicyclic amines) is 1. The normalized spacial score (nSPS) is 17.8. The second-order valence-corrected chi connectivity index (χ2v) is 9.57. The molecule has 0 radical (unpaired) electrons. The van der Waals surface area contributed by atoms with E-state index in [-0.39, 0.29) is 11.8 Å². The van der Waals surface area contributed by atoms with Gasteiger partial charge in [-0.2, -0.15) is 0 Å². The van der Waals surface area contributed by atoms with Gasteiger partial charge < -0.3 is 19.7 Å². The van der Waals surface area contributed by atoms with Crippen LogP contribution in [0.3, 0.4) is 0 Å². The molecule has 0 bridgehead atoms. The molecule has 5 nitrogen and oxygen atoms in total. The van der Waals surface area contributed by atoms with Crippen LogP contribution in [0.4, 0.5) is 9.18 Å². The molecular weight excluding hydrogens is 439 g/mol. The van der Waals surface area contributed by atoms with Crippen molar-refractivity contribution in [2.75, 3.05) is 39.3 Å². The Bertz CT molecular complexity index is 1120. The number of piperidine rings is 1. The van der Waals surface area contributed by atoms with E-state index in [0.29, 0.717) is 5.92 Å². The Kier molecular flexibility index (Phi) is 6.56. The topological polar surface area (TPSA) is 40.5 Å². The minimum atomic E-state index is -0.227. The third-order valence-corrected chi connectivity index (χ3v) is 7.26. The van der Waals surface area contributed by atoms with E-state index in [1.54, 1.807) is 0 Å². The maximum absolute atomic E-state index is 13.5. The summed E-state index contributed by atoms with van der Waals surface area (Å²) in [5, 5.41) is 4.79. The maximum Gasteiger partial charge on any atom is 0.317 e. The van der Waals surface area contributed by atoms with Gasteiger partial charge in [0.05, 0.1) is 5.52 Å². The highest BCUT2D eigenvalue weighted by Gasteiger charge is 2.24. The van der Waals surface area contributed by atoms with Crippen molar-refractivity contribution in [3.05, 3.63) is 65.1 Å². The number of carbonyl (C=O) groups excluding carboxylic acids is 1. The van der Waals surface area contributed by atoms with Gasteiger partial charge in [-0.25, -0.2) is 9.18 Å². The average molecular weight is 469 g/mol. The number of hydrogen-bond acceptors (Lipinski definition) is 2. The Labute approximate surface area is 199 Å². The van der Waals surface area contributed by atoms with Crippen molar-refractivity contribution in [2.45, 2.75) is 31.6 Å². The fraction of sp³-hybridized carbons (Fsp3) is 0.423. The van der Waals surface area contributed by atoms with E-state index in [0.717, 1.165) is 81.2 Å². The number of carbonyl (C=O) groups is 1. The highest BCUT2D eigenvalue weighted by atomic mass is 35.5. The van der Waals surface area contributed by atoms with Crippen LogP contribution >= 0.6 is 11.6 Å². The molecule has 2 fully saturated rings. The molecule has 0 atom stereocenters. The van der Waals surface area contributed by atoms with E-state index in [2.05, 4.69) is 33.1 Å². The molecule has 1 N–H and O–H groups in total. The number of amides is 2. The molecule has 0 aliphatic carbocycles. The molecule has 2 saturated heterocycles. The van der Waals surface area contributed by atoms with Crippen molar-refractivity contribution in [1.82, 2.24) is 19.7 Å². The standard InChI is InChI=1S/C26H30ClFN4O/c27-20-3-8-25-23(17-20)24(18-32(25)22-6-4-21(28)5-7-22)19-9-14-30(15-10-19)12-1-2-13-31-16-11-29-26(31)33/h3-8,17-19H,1-2,9-16H2,(H,29,33). The minimum Gasteiger partial charge on any atom is -0.336 e. The lowest BCUT2D eigenvalue weighted by Crippen LogP contribution is -2.34. The Morgan fingerprint density at radius 1 is 1.00 bits per heavy atom. The molecule has 33 heavy (non-hydrogen) atoms. The van der Waals surface area contributed by atoms with Gasteiger partial charge in [0.25, 0.3) is 0 Å². The van der Waals surface area contributed by atoms with E-state index >= 15 is 0 Å². The molecule has 174 valence electrons. The highest BCUT2D eigenvalue weighted by Crippen LogP contribution is 2.37. The number of nitrogens with zero attached hydrogens (tertiary/aromatic N) is 3. The molecule has 3 aromatic rings. The predicted molar refractivity (Wildman–Crippen MR) is 131 cm³/mol. The Morgan fingerprint density at radius 2 is 1.76 bits per heavy atom. The average Bonchev–Trinajstić information content (AvgIpc) is 3.41. The summed E-state index contributed by atoms with van der Waals surface area (Å²) in [7, 11) is 0. The third-order valence-electron chi connectivity index (χ3n) is 7.03. The Balaban J connectivity index is 1.23.